The van der Waals surface area contributed by atoms with E-state index in [0.29, 0.717) is 56.3 Å². The number of primary amides is 1. The van der Waals surface area contributed by atoms with E-state index in [1.807, 2.05) is 32.0 Å². The van der Waals surface area contributed by atoms with Crippen LogP contribution in [0.2, 0.25) is 0 Å². The molecule has 252 valence electrons. The number of aliphatic hydroxyl groups is 4. The molecule has 0 bridgehead atoms. The number of amides is 1. The van der Waals surface area contributed by atoms with E-state index in [1.54, 1.807) is 13.8 Å². The molecule has 2 aromatic rings. The lowest BCUT2D eigenvalue weighted by atomic mass is 9.98. The zero-order valence-electron chi connectivity index (χ0n) is 26.4. The molecule has 0 spiro atoms. The second-order valence-corrected chi connectivity index (χ2v) is 12.4. The molecule has 8 N–H and O–H groups in total. The van der Waals surface area contributed by atoms with E-state index in [0.717, 1.165) is 24.1 Å². The normalized spacial score (nSPS) is 24.5. The zero-order valence-corrected chi connectivity index (χ0v) is 26.4. The molecule has 1 aromatic carbocycles. The highest BCUT2D eigenvalue weighted by atomic mass is 16.7. The van der Waals surface area contributed by atoms with E-state index in [1.165, 1.54) is 0 Å². The Hall–Kier alpha value is -2.98. The third-order valence-electron chi connectivity index (χ3n) is 8.16. The van der Waals surface area contributed by atoms with Gasteiger partial charge in [-0.3, -0.25) is 9.89 Å². The van der Waals surface area contributed by atoms with Crippen molar-refractivity contribution in [1.82, 2.24) is 15.5 Å². The summed E-state index contributed by atoms with van der Waals surface area (Å²) in [6.07, 6.45) is -4.67. The molecule has 1 amide bonds. The Morgan fingerprint density at radius 3 is 2.56 bits per heavy atom. The van der Waals surface area contributed by atoms with Gasteiger partial charge in [-0.1, -0.05) is 19.9 Å². The molecule has 2 fully saturated rings. The number of nitrogens with one attached hydrogen (secondary N) is 2. The van der Waals surface area contributed by atoms with Gasteiger partial charge in [0.2, 0.25) is 18.1 Å². The number of ether oxygens (including phenoxy) is 5. The molecular formula is C31H48N4O10. The van der Waals surface area contributed by atoms with Crippen molar-refractivity contribution in [3.8, 4) is 17.4 Å². The molecule has 2 aliphatic heterocycles. The van der Waals surface area contributed by atoms with Crippen LogP contribution in [0, 0.1) is 0 Å². The van der Waals surface area contributed by atoms with Crippen LogP contribution >= 0.6 is 0 Å². The first-order chi connectivity index (χ1) is 21.4. The Morgan fingerprint density at radius 1 is 1.16 bits per heavy atom. The monoisotopic (exact) mass is 636 g/mol. The fourth-order valence-electron chi connectivity index (χ4n) is 5.18. The van der Waals surface area contributed by atoms with E-state index in [4.69, 9.17) is 29.4 Å². The van der Waals surface area contributed by atoms with Gasteiger partial charge < -0.3 is 55.2 Å². The topological polar surface area (TPSA) is 211 Å². The predicted molar refractivity (Wildman–Crippen MR) is 162 cm³/mol. The number of nitrogens with zero attached hydrogens (tertiary/aromatic N) is 1. The molecule has 3 unspecified atom stereocenters. The van der Waals surface area contributed by atoms with Crippen LogP contribution in [0.15, 0.2) is 18.2 Å². The number of rotatable bonds is 15. The first-order valence-electron chi connectivity index (χ1n) is 15.5. The quantitative estimate of drug-likeness (QED) is 0.133. The second kappa shape index (κ2) is 15.5. The molecule has 1 aromatic heterocycles. The van der Waals surface area contributed by atoms with Crippen LogP contribution in [0.25, 0.3) is 0 Å². The Balaban J connectivity index is 1.54. The van der Waals surface area contributed by atoms with Crippen LogP contribution in [0.3, 0.4) is 0 Å². The SMILES string of the molecule is CC(C)c1[nH]nc(OC2OC(CO)[C@@H](O)C(O)[C@H]2O)c1Cc1ccc(OCCCNC(C)(C)C(N)=O)cc1OC1CCOCC1. The van der Waals surface area contributed by atoms with Gasteiger partial charge >= 0.3 is 0 Å². The molecule has 45 heavy (non-hydrogen) atoms. The number of hydrogen-bond acceptors (Lipinski definition) is 12. The lowest BCUT2D eigenvalue weighted by Crippen LogP contribution is -2.60. The van der Waals surface area contributed by atoms with Crippen molar-refractivity contribution in [2.75, 3.05) is 33.0 Å². The highest BCUT2D eigenvalue weighted by Crippen LogP contribution is 2.35. The van der Waals surface area contributed by atoms with Crippen LogP contribution in [-0.4, -0.2) is 112 Å². The lowest BCUT2D eigenvalue weighted by Gasteiger charge is -2.39. The number of aromatic nitrogens is 2. The first-order valence-corrected chi connectivity index (χ1v) is 15.5. The van der Waals surface area contributed by atoms with Gasteiger partial charge in [0, 0.05) is 36.6 Å². The summed E-state index contributed by atoms with van der Waals surface area (Å²) in [7, 11) is 0. The smallest absolute Gasteiger partial charge is 0.238 e. The number of carbonyl (C=O) groups is 1. The number of carbonyl (C=O) groups excluding carboxylic acids is 1. The van der Waals surface area contributed by atoms with Crippen LogP contribution in [0.5, 0.6) is 17.4 Å². The van der Waals surface area contributed by atoms with Crippen LogP contribution in [0.4, 0.5) is 0 Å². The van der Waals surface area contributed by atoms with Gasteiger partial charge in [0.1, 0.15) is 42.0 Å². The molecular weight excluding hydrogens is 588 g/mol. The average molecular weight is 637 g/mol. The van der Waals surface area contributed by atoms with E-state index < -0.39 is 48.8 Å². The highest BCUT2D eigenvalue weighted by Gasteiger charge is 2.45. The third kappa shape index (κ3) is 8.85. The van der Waals surface area contributed by atoms with E-state index in [9.17, 15) is 25.2 Å². The Kier molecular flexibility index (Phi) is 12.0. The number of aliphatic hydroxyl groups excluding tert-OH is 4. The average Bonchev–Trinajstić information content (AvgIpc) is 3.40. The van der Waals surface area contributed by atoms with Crippen LogP contribution < -0.4 is 25.3 Å². The van der Waals surface area contributed by atoms with Crippen molar-refractivity contribution < 1.29 is 48.9 Å². The fraction of sp³-hybridized carbons (Fsp3) is 0.677. The lowest BCUT2D eigenvalue weighted by molar-refractivity contribution is -0.278. The molecule has 0 saturated carbocycles. The number of H-pyrrole nitrogens is 1. The van der Waals surface area contributed by atoms with Crippen LogP contribution in [0.1, 0.15) is 69.7 Å². The molecule has 0 radical (unpaired) electrons. The Bertz CT molecular complexity index is 1250. The minimum absolute atomic E-state index is 0.0354. The van der Waals surface area contributed by atoms with E-state index >= 15 is 0 Å². The first kappa shape index (κ1) is 34.9. The molecule has 2 saturated heterocycles. The minimum Gasteiger partial charge on any atom is -0.493 e. The Labute approximate surface area is 263 Å². The second-order valence-electron chi connectivity index (χ2n) is 12.4. The largest absolute Gasteiger partial charge is 0.493 e. The summed E-state index contributed by atoms with van der Waals surface area (Å²) in [5.41, 5.74) is 6.98. The van der Waals surface area contributed by atoms with Gasteiger partial charge in [0.25, 0.3) is 0 Å². The standard InChI is InChI=1S/C31H48N4O10/c1-17(2)24-21(28(35-34-24)45-29-27(39)26(38)25(37)23(16-36)44-29)14-18-6-7-20(15-22(18)43-19-8-12-41-13-9-19)42-11-5-10-33-31(3,4)30(32)40/h6-7,15,17,19,23,25-27,29,33,36-39H,5,8-14,16H2,1-4H3,(H2,32,40)(H,34,35)/t23?,25-,26?,27-,29?/m1/s1. The van der Waals surface area contributed by atoms with Crippen molar-refractivity contribution in [2.45, 2.75) is 102 Å². The molecule has 5 atom stereocenters. The number of benzene rings is 1. The van der Waals surface area contributed by atoms with Crippen molar-refractivity contribution in [1.29, 1.82) is 0 Å². The molecule has 14 nitrogen and oxygen atoms in total. The minimum atomic E-state index is -1.58. The summed E-state index contributed by atoms with van der Waals surface area (Å²) < 4.78 is 29.6. The fourth-order valence-corrected chi connectivity index (χ4v) is 5.18. The maximum atomic E-state index is 11.5. The third-order valence-corrected chi connectivity index (χ3v) is 8.16. The van der Waals surface area contributed by atoms with Crippen molar-refractivity contribution in [2.24, 2.45) is 5.73 Å². The highest BCUT2D eigenvalue weighted by molar-refractivity contribution is 5.83. The van der Waals surface area contributed by atoms with Gasteiger partial charge in [-0.15, -0.1) is 5.10 Å². The maximum absolute atomic E-state index is 11.5. The summed E-state index contributed by atoms with van der Waals surface area (Å²) in [5.74, 6) is 1.04. The summed E-state index contributed by atoms with van der Waals surface area (Å²) in [5, 5.41) is 51.1. The van der Waals surface area contributed by atoms with Crippen LogP contribution in [-0.2, 0) is 20.7 Å². The summed E-state index contributed by atoms with van der Waals surface area (Å²) in [6, 6.07) is 5.65. The van der Waals surface area contributed by atoms with Crippen molar-refractivity contribution >= 4 is 5.91 Å². The van der Waals surface area contributed by atoms with Gasteiger partial charge in [-0.05, 0) is 44.4 Å². The molecule has 4 rings (SSSR count). The van der Waals surface area contributed by atoms with Gasteiger partial charge in [0.15, 0.2) is 0 Å². The summed E-state index contributed by atoms with van der Waals surface area (Å²) >= 11 is 0. The molecule has 0 aliphatic carbocycles. The molecule has 3 heterocycles. The van der Waals surface area contributed by atoms with E-state index in [2.05, 4.69) is 15.5 Å². The van der Waals surface area contributed by atoms with Crippen molar-refractivity contribution in [3.63, 3.8) is 0 Å². The predicted octanol–water partition coefficient (Wildman–Crippen LogP) is 0.483. The van der Waals surface area contributed by atoms with E-state index in [-0.39, 0.29) is 17.9 Å². The Morgan fingerprint density at radius 2 is 1.89 bits per heavy atom. The van der Waals surface area contributed by atoms with Gasteiger partial charge in [-0.2, -0.15) is 0 Å². The van der Waals surface area contributed by atoms with Gasteiger partial charge in [0.05, 0.1) is 32.0 Å². The van der Waals surface area contributed by atoms with Crippen molar-refractivity contribution in [3.05, 3.63) is 35.0 Å². The zero-order chi connectivity index (χ0) is 32.7. The number of aromatic amines is 1. The number of nitrogens with two attached hydrogens (primary N) is 1. The summed E-state index contributed by atoms with van der Waals surface area (Å²) in [4.78, 5) is 11.5. The molecule has 14 heteroatoms. The maximum Gasteiger partial charge on any atom is 0.238 e. The number of hydrogen-bond donors (Lipinski definition) is 7. The molecule has 2 aliphatic rings. The summed E-state index contributed by atoms with van der Waals surface area (Å²) in [6.45, 7) is 9.10. The van der Waals surface area contributed by atoms with Gasteiger partial charge in [-0.25, -0.2) is 0 Å².